The number of hydrogen-bond acceptors (Lipinski definition) is 3. The lowest BCUT2D eigenvalue weighted by atomic mass is 10.1. The van der Waals surface area contributed by atoms with Crippen molar-refractivity contribution < 1.29 is 9.90 Å². The summed E-state index contributed by atoms with van der Waals surface area (Å²) >= 11 is 0. The summed E-state index contributed by atoms with van der Waals surface area (Å²) in [6, 6.07) is 25.7. The average molecular weight is 412 g/mol. The Morgan fingerprint density at radius 2 is 1.58 bits per heavy atom. The zero-order valence-corrected chi connectivity index (χ0v) is 17.3. The Morgan fingerprint density at radius 1 is 0.839 bits per heavy atom. The van der Waals surface area contributed by atoms with Crippen molar-refractivity contribution in [2.45, 2.75) is 6.54 Å². The highest BCUT2D eigenvalue weighted by Gasteiger charge is 2.25. The molecular weight excluding hydrogens is 386 g/mol. The zero-order valence-electron chi connectivity index (χ0n) is 17.3. The number of carbonyl (C=O) groups is 1. The van der Waals surface area contributed by atoms with Crippen molar-refractivity contribution in [2.24, 2.45) is 0 Å². The van der Waals surface area contributed by atoms with Crippen LogP contribution in [0.5, 0.6) is 5.75 Å². The Kier molecular flexibility index (Phi) is 5.08. The number of rotatable bonds is 4. The molecule has 0 unspecified atom stereocenters. The molecule has 0 aliphatic carbocycles. The number of para-hydroxylation sites is 1. The lowest BCUT2D eigenvalue weighted by molar-refractivity contribution is 0.0748. The highest BCUT2D eigenvalue weighted by Crippen LogP contribution is 2.26. The monoisotopic (exact) mass is 411 g/mol. The minimum absolute atomic E-state index is 0.0820. The normalized spacial score (nSPS) is 14.2. The first-order valence-electron chi connectivity index (χ1n) is 10.6. The number of fused-ring (bicyclic) bond motifs is 1. The summed E-state index contributed by atoms with van der Waals surface area (Å²) in [4.78, 5) is 17.6. The first-order valence-corrected chi connectivity index (χ1v) is 10.6. The van der Waals surface area contributed by atoms with E-state index in [0.717, 1.165) is 41.8 Å². The van der Waals surface area contributed by atoms with Crippen molar-refractivity contribution in [3.63, 3.8) is 0 Å². The van der Waals surface area contributed by atoms with Crippen LogP contribution in [0, 0.1) is 0 Å². The Bertz CT molecular complexity index is 1210. The molecule has 0 bridgehead atoms. The summed E-state index contributed by atoms with van der Waals surface area (Å²) in [5.74, 6) is 0.348. The van der Waals surface area contributed by atoms with E-state index in [1.807, 2.05) is 59.6 Å². The predicted octanol–water partition coefficient (Wildman–Crippen LogP) is 4.36. The van der Waals surface area contributed by atoms with Gasteiger partial charge in [-0.3, -0.25) is 4.79 Å². The molecule has 0 saturated carbocycles. The smallest absolute Gasteiger partial charge is 0.256 e. The maximum absolute atomic E-state index is 13.4. The third-order valence-electron chi connectivity index (χ3n) is 5.98. The fourth-order valence-corrected chi connectivity index (χ4v) is 4.36. The van der Waals surface area contributed by atoms with Crippen molar-refractivity contribution in [1.29, 1.82) is 0 Å². The van der Waals surface area contributed by atoms with Crippen LogP contribution in [0.2, 0.25) is 0 Å². The molecule has 1 aliphatic rings. The van der Waals surface area contributed by atoms with E-state index in [9.17, 15) is 9.90 Å². The molecule has 156 valence electrons. The van der Waals surface area contributed by atoms with Crippen LogP contribution >= 0.6 is 0 Å². The maximum Gasteiger partial charge on any atom is 0.256 e. The third kappa shape index (κ3) is 3.87. The molecule has 0 atom stereocenters. The highest BCUT2D eigenvalue weighted by molar-refractivity contribution is 6.07. The second kappa shape index (κ2) is 8.19. The number of amides is 1. The van der Waals surface area contributed by atoms with Gasteiger partial charge in [0.1, 0.15) is 5.75 Å². The van der Waals surface area contributed by atoms with Gasteiger partial charge in [-0.2, -0.15) is 0 Å². The van der Waals surface area contributed by atoms with E-state index in [1.165, 1.54) is 5.56 Å². The molecule has 31 heavy (non-hydrogen) atoms. The number of carbonyl (C=O) groups excluding carboxylic acids is 1. The topological polar surface area (TPSA) is 48.7 Å². The molecule has 1 aliphatic heterocycles. The van der Waals surface area contributed by atoms with Gasteiger partial charge in [-0.15, -0.1) is 0 Å². The molecule has 3 aromatic carbocycles. The second-order valence-electron chi connectivity index (χ2n) is 7.97. The summed E-state index contributed by atoms with van der Waals surface area (Å²) in [6.45, 7) is 3.55. The van der Waals surface area contributed by atoms with Crippen LogP contribution in [0.3, 0.4) is 0 Å². The van der Waals surface area contributed by atoms with Gasteiger partial charge in [-0.25, -0.2) is 0 Å². The van der Waals surface area contributed by atoms with Crippen LogP contribution in [-0.4, -0.2) is 46.7 Å². The Hall–Kier alpha value is -3.73. The van der Waals surface area contributed by atoms with Gasteiger partial charge in [-0.05, 0) is 23.8 Å². The fourth-order valence-electron chi connectivity index (χ4n) is 4.36. The molecule has 1 amide bonds. The Morgan fingerprint density at radius 3 is 2.35 bits per heavy atom. The predicted molar refractivity (Wildman–Crippen MR) is 124 cm³/mol. The van der Waals surface area contributed by atoms with Crippen molar-refractivity contribution in [2.75, 3.05) is 31.1 Å². The van der Waals surface area contributed by atoms with Gasteiger partial charge < -0.3 is 19.5 Å². The molecule has 0 spiro atoms. The van der Waals surface area contributed by atoms with Crippen LogP contribution in [0.15, 0.2) is 85.1 Å². The largest absolute Gasteiger partial charge is 0.508 e. The zero-order chi connectivity index (χ0) is 21.2. The van der Waals surface area contributed by atoms with Crippen LogP contribution < -0.4 is 4.90 Å². The van der Waals surface area contributed by atoms with E-state index in [2.05, 4.69) is 27.7 Å². The number of aromatic hydroxyl groups is 1. The molecule has 5 heteroatoms. The van der Waals surface area contributed by atoms with Gasteiger partial charge in [0.2, 0.25) is 0 Å². The Balaban J connectivity index is 1.37. The molecule has 1 fully saturated rings. The molecular formula is C26H25N3O2. The molecule has 0 radical (unpaired) electrons. The number of phenolic OH excluding ortho intramolecular Hbond substituents is 1. The molecule has 4 aromatic rings. The number of nitrogens with zero attached hydrogens (tertiary/aromatic N) is 3. The molecule has 5 rings (SSSR count). The van der Waals surface area contributed by atoms with Gasteiger partial charge >= 0.3 is 0 Å². The third-order valence-corrected chi connectivity index (χ3v) is 5.98. The van der Waals surface area contributed by atoms with E-state index in [0.29, 0.717) is 13.1 Å². The van der Waals surface area contributed by atoms with Crippen LogP contribution in [0.25, 0.3) is 10.9 Å². The molecule has 5 nitrogen and oxygen atoms in total. The standard InChI is InChI=1S/C26H25N3O2/c30-22-10-6-9-21(17-22)27-13-15-28(16-14-27)26(31)24-19-29(18-20-7-2-1-3-8-20)25-12-5-4-11-23(24)25/h1-12,17,19,30H,13-16,18H2. The lowest BCUT2D eigenvalue weighted by Gasteiger charge is -2.36. The number of piperazine rings is 1. The quantitative estimate of drug-likeness (QED) is 0.543. The summed E-state index contributed by atoms with van der Waals surface area (Å²) in [5.41, 5.74) is 4.04. The first kappa shape index (κ1) is 19.2. The number of hydrogen-bond donors (Lipinski definition) is 1. The van der Waals surface area contributed by atoms with E-state index in [-0.39, 0.29) is 11.7 Å². The Labute approximate surface area is 181 Å². The second-order valence-corrected chi connectivity index (χ2v) is 7.97. The first-order chi connectivity index (χ1) is 15.2. The summed E-state index contributed by atoms with van der Waals surface area (Å²) in [5, 5.41) is 10.7. The van der Waals surface area contributed by atoms with Gasteiger partial charge in [-0.1, -0.05) is 54.6 Å². The van der Waals surface area contributed by atoms with E-state index >= 15 is 0 Å². The van der Waals surface area contributed by atoms with Crippen molar-refractivity contribution in [3.05, 3.63) is 96.2 Å². The SMILES string of the molecule is O=C(c1cn(Cc2ccccc2)c2ccccc12)N1CCN(c2cccc(O)c2)CC1. The fraction of sp³-hybridized carbons (Fsp3) is 0.192. The van der Waals surface area contributed by atoms with Crippen molar-refractivity contribution in [1.82, 2.24) is 9.47 Å². The number of phenols is 1. The maximum atomic E-state index is 13.4. The summed E-state index contributed by atoms with van der Waals surface area (Å²) in [7, 11) is 0. The number of anilines is 1. The van der Waals surface area contributed by atoms with Crippen molar-refractivity contribution >= 4 is 22.5 Å². The van der Waals surface area contributed by atoms with E-state index < -0.39 is 0 Å². The number of aromatic nitrogens is 1. The molecule has 1 saturated heterocycles. The van der Waals surface area contributed by atoms with Gasteiger partial charge in [0, 0.05) is 61.6 Å². The highest BCUT2D eigenvalue weighted by atomic mass is 16.3. The molecule has 2 heterocycles. The van der Waals surface area contributed by atoms with Gasteiger partial charge in [0.05, 0.1) is 5.56 Å². The van der Waals surface area contributed by atoms with Gasteiger partial charge in [0.25, 0.3) is 5.91 Å². The summed E-state index contributed by atoms with van der Waals surface area (Å²) < 4.78 is 2.17. The number of benzene rings is 3. The lowest BCUT2D eigenvalue weighted by Crippen LogP contribution is -2.48. The van der Waals surface area contributed by atoms with E-state index in [4.69, 9.17) is 0 Å². The summed E-state index contributed by atoms with van der Waals surface area (Å²) in [6.07, 6.45) is 2.00. The van der Waals surface area contributed by atoms with E-state index in [1.54, 1.807) is 12.1 Å². The van der Waals surface area contributed by atoms with Crippen LogP contribution in [0.4, 0.5) is 5.69 Å². The average Bonchev–Trinajstić information content (AvgIpc) is 3.18. The molecule has 1 aromatic heterocycles. The minimum Gasteiger partial charge on any atom is -0.508 e. The minimum atomic E-state index is 0.0820. The van der Waals surface area contributed by atoms with Crippen LogP contribution in [-0.2, 0) is 6.54 Å². The van der Waals surface area contributed by atoms with Gasteiger partial charge in [0.15, 0.2) is 0 Å². The van der Waals surface area contributed by atoms with Crippen molar-refractivity contribution in [3.8, 4) is 5.75 Å². The molecule has 1 N–H and O–H groups in total. The van der Waals surface area contributed by atoms with Crippen LogP contribution in [0.1, 0.15) is 15.9 Å².